The Morgan fingerprint density at radius 1 is 1.18 bits per heavy atom. The number of aromatic nitrogens is 2. The van der Waals surface area contributed by atoms with Gasteiger partial charge in [-0.15, -0.1) is 0 Å². The Hall–Kier alpha value is -1.61. The van der Waals surface area contributed by atoms with E-state index in [0.717, 1.165) is 11.4 Å². The Labute approximate surface area is 102 Å². The fourth-order valence-corrected chi connectivity index (χ4v) is 2.25. The summed E-state index contributed by atoms with van der Waals surface area (Å²) in [7, 11) is 1.98. The molecule has 1 atom stereocenters. The summed E-state index contributed by atoms with van der Waals surface area (Å²) in [6.45, 7) is 6.35. The van der Waals surface area contributed by atoms with Gasteiger partial charge < -0.3 is 5.32 Å². The van der Waals surface area contributed by atoms with Crippen LogP contribution in [0.5, 0.6) is 0 Å². The average molecular weight is 229 g/mol. The number of hydrogen-bond acceptors (Lipinski definition) is 2. The van der Waals surface area contributed by atoms with Crippen LogP contribution in [0.3, 0.4) is 0 Å². The van der Waals surface area contributed by atoms with Crippen LogP contribution in [0, 0.1) is 13.8 Å². The van der Waals surface area contributed by atoms with Gasteiger partial charge in [-0.1, -0.05) is 18.2 Å². The highest BCUT2D eigenvalue weighted by Gasteiger charge is 2.16. The molecular formula is C14H19N3. The first kappa shape index (κ1) is 11.9. The molecule has 0 saturated carbocycles. The molecule has 1 heterocycles. The fourth-order valence-electron chi connectivity index (χ4n) is 2.25. The lowest BCUT2D eigenvalue weighted by Crippen LogP contribution is -2.14. The lowest BCUT2D eigenvalue weighted by molar-refractivity contribution is 0.644. The predicted molar refractivity (Wildman–Crippen MR) is 70.5 cm³/mol. The van der Waals surface area contributed by atoms with Gasteiger partial charge >= 0.3 is 0 Å². The van der Waals surface area contributed by atoms with Crippen LogP contribution in [0.4, 0.5) is 0 Å². The smallest absolute Gasteiger partial charge is 0.0648 e. The van der Waals surface area contributed by atoms with Gasteiger partial charge in [0.15, 0.2) is 0 Å². The zero-order valence-corrected chi connectivity index (χ0v) is 10.9. The van der Waals surface area contributed by atoms with E-state index in [1.54, 1.807) is 0 Å². The SMILES string of the molecule is CNC(C)c1c(C)nn(-c2ccccc2)c1C. The van der Waals surface area contributed by atoms with Gasteiger partial charge in [-0.2, -0.15) is 5.10 Å². The summed E-state index contributed by atoms with van der Waals surface area (Å²) >= 11 is 0. The molecule has 0 amide bonds. The Morgan fingerprint density at radius 3 is 2.41 bits per heavy atom. The van der Waals surface area contributed by atoms with Crippen LogP contribution >= 0.6 is 0 Å². The maximum absolute atomic E-state index is 4.63. The molecule has 0 fully saturated rings. The van der Waals surface area contributed by atoms with Crippen molar-refractivity contribution in [1.29, 1.82) is 0 Å². The summed E-state index contributed by atoms with van der Waals surface area (Å²) in [5, 5.41) is 7.90. The lowest BCUT2D eigenvalue weighted by Gasteiger charge is -2.11. The largest absolute Gasteiger partial charge is 0.313 e. The number of nitrogens with zero attached hydrogens (tertiary/aromatic N) is 2. The molecule has 3 nitrogen and oxygen atoms in total. The Balaban J connectivity index is 2.52. The second-order valence-electron chi connectivity index (χ2n) is 4.34. The summed E-state index contributed by atoms with van der Waals surface area (Å²) in [5.74, 6) is 0. The highest BCUT2D eigenvalue weighted by atomic mass is 15.3. The van der Waals surface area contributed by atoms with Crippen LogP contribution in [-0.4, -0.2) is 16.8 Å². The molecule has 0 spiro atoms. The minimum Gasteiger partial charge on any atom is -0.313 e. The van der Waals surface area contributed by atoms with Crippen molar-refractivity contribution in [2.45, 2.75) is 26.8 Å². The van der Waals surface area contributed by atoms with E-state index in [0.29, 0.717) is 6.04 Å². The van der Waals surface area contributed by atoms with E-state index in [2.05, 4.69) is 43.3 Å². The molecule has 0 bridgehead atoms. The van der Waals surface area contributed by atoms with Crippen LogP contribution < -0.4 is 5.32 Å². The van der Waals surface area contributed by atoms with Crippen molar-refractivity contribution in [3.63, 3.8) is 0 Å². The number of nitrogens with one attached hydrogen (secondary N) is 1. The second-order valence-corrected chi connectivity index (χ2v) is 4.34. The highest BCUT2D eigenvalue weighted by Crippen LogP contribution is 2.23. The van der Waals surface area contributed by atoms with Crippen molar-refractivity contribution in [3.8, 4) is 5.69 Å². The van der Waals surface area contributed by atoms with Crippen LogP contribution in [0.2, 0.25) is 0 Å². The van der Waals surface area contributed by atoms with Gasteiger partial charge in [-0.3, -0.25) is 0 Å². The van der Waals surface area contributed by atoms with E-state index in [9.17, 15) is 0 Å². The Kier molecular flexibility index (Phi) is 3.29. The zero-order valence-electron chi connectivity index (χ0n) is 10.9. The van der Waals surface area contributed by atoms with Crippen molar-refractivity contribution in [2.24, 2.45) is 0 Å². The third-order valence-electron chi connectivity index (χ3n) is 3.21. The van der Waals surface area contributed by atoms with Gasteiger partial charge in [0, 0.05) is 17.3 Å². The third-order valence-corrected chi connectivity index (χ3v) is 3.21. The summed E-state index contributed by atoms with van der Waals surface area (Å²) in [6, 6.07) is 10.6. The molecule has 1 unspecified atom stereocenters. The van der Waals surface area contributed by atoms with Crippen molar-refractivity contribution < 1.29 is 0 Å². The highest BCUT2D eigenvalue weighted by molar-refractivity contribution is 5.38. The molecule has 2 rings (SSSR count). The fraction of sp³-hybridized carbons (Fsp3) is 0.357. The van der Waals surface area contributed by atoms with E-state index in [4.69, 9.17) is 0 Å². The van der Waals surface area contributed by atoms with Gasteiger partial charge in [0.05, 0.1) is 11.4 Å². The van der Waals surface area contributed by atoms with E-state index in [1.807, 2.05) is 29.9 Å². The molecule has 0 aliphatic heterocycles. The van der Waals surface area contributed by atoms with E-state index in [1.165, 1.54) is 11.3 Å². The Bertz CT molecular complexity index is 500. The standard InChI is InChI=1S/C14H19N3/c1-10(15-4)14-11(2)16-17(12(14)3)13-8-6-5-7-9-13/h5-10,15H,1-4H3. The van der Waals surface area contributed by atoms with Crippen LogP contribution in [0.25, 0.3) is 5.69 Å². The van der Waals surface area contributed by atoms with Crippen molar-refractivity contribution in [3.05, 3.63) is 47.3 Å². The minimum atomic E-state index is 0.326. The lowest BCUT2D eigenvalue weighted by atomic mass is 10.1. The summed E-state index contributed by atoms with van der Waals surface area (Å²) < 4.78 is 2.01. The molecule has 3 heteroatoms. The first-order valence-electron chi connectivity index (χ1n) is 5.94. The normalized spacial score (nSPS) is 12.7. The topological polar surface area (TPSA) is 29.9 Å². The quantitative estimate of drug-likeness (QED) is 0.877. The summed E-state index contributed by atoms with van der Waals surface area (Å²) in [5.41, 5.74) is 4.70. The molecule has 90 valence electrons. The van der Waals surface area contributed by atoms with Crippen molar-refractivity contribution in [1.82, 2.24) is 15.1 Å². The minimum absolute atomic E-state index is 0.326. The van der Waals surface area contributed by atoms with Gasteiger partial charge in [-0.25, -0.2) is 4.68 Å². The molecule has 2 aromatic rings. The number of aryl methyl sites for hydroxylation is 1. The number of hydrogen-bond donors (Lipinski definition) is 1. The third kappa shape index (κ3) is 2.11. The first-order chi connectivity index (χ1) is 8.15. The monoisotopic (exact) mass is 229 g/mol. The average Bonchev–Trinajstić information content (AvgIpc) is 2.65. The maximum atomic E-state index is 4.63. The Morgan fingerprint density at radius 2 is 1.82 bits per heavy atom. The first-order valence-corrected chi connectivity index (χ1v) is 5.94. The van der Waals surface area contributed by atoms with Crippen molar-refractivity contribution in [2.75, 3.05) is 7.05 Å². The number of para-hydroxylation sites is 1. The van der Waals surface area contributed by atoms with Crippen LogP contribution in [0.15, 0.2) is 30.3 Å². The zero-order chi connectivity index (χ0) is 12.4. The predicted octanol–water partition coefficient (Wildman–Crippen LogP) is 2.77. The molecule has 17 heavy (non-hydrogen) atoms. The van der Waals surface area contributed by atoms with Crippen molar-refractivity contribution >= 4 is 0 Å². The molecule has 1 N–H and O–H groups in total. The summed E-state index contributed by atoms with van der Waals surface area (Å²) in [6.07, 6.45) is 0. The van der Waals surface area contributed by atoms with Gasteiger partial charge in [0.25, 0.3) is 0 Å². The summed E-state index contributed by atoms with van der Waals surface area (Å²) in [4.78, 5) is 0. The maximum Gasteiger partial charge on any atom is 0.0648 e. The molecule has 0 aliphatic rings. The van der Waals surface area contributed by atoms with Crippen LogP contribution in [-0.2, 0) is 0 Å². The molecule has 0 saturated heterocycles. The van der Waals surface area contributed by atoms with E-state index in [-0.39, 0.29) is 0 Å². The van der Waals surface area contributed by atoms with Gasteiger partial charge in [0.1, 0.15) is 0 Å². The second kappa shape index (κ2) is 4.72. The van der Waals surface area contributed by atoms with Crippen LogP contribution in [0.1, 0.15) is 29.9 Å². The van der Waals surface area contributed by atoms with E-state index < -0.39 is 0 Å². The van der Waals surface area contributed by atoms with Gasteiger partial charge in [-0.05, 0) is 40.0 Å². The van der Waals surface area contributed by atoms with E-state index >= 15 is 0 Å². The molecule has 1 aromatic carbocycles. The van der Waals surface area contributed by atoms with Gasteiger partial charge in [0.2, 0.25) is 0 Å². The number of rotatable bonds is 3. The molecule has 0 radical (unpaired) electrons. The molecule has 0 aliphatic carbocycles. The molecule has 1 aromatic heterocycles. The number of benzene rings is 1. The molecular weight excluding hydrogens is 210 g/mol.